The van der Waals surface area contributed by atoms with Crippen LogP contribution < -0.4 is 9.47 Å². The second-order valence-electron chi connectivity index (χ2n) is 7.43. The molecule has 1 atom stereocenters. The molecule has 0 N–H and O–H groups in total. The van der Waals surface area contributed by atoms with E-state index in [0.29, 0.717) is 31.2 Å². The molecule has 0 saturated carbocycles. The van der Waals surface area contributed by atoms with Crippen molar-refractivity contribution in [2.45, 2.75) is 37.6 Å². The van der Waals surface area contributed by atoms with Crippen LogP contribution in [0.1, 0.15) is 31.2 Å². The third-order valence-electron chi connectivity index (χ3n) is 5.85. The minimum absolute atomic E-state index is 0.00769. The number of ether oxygens (including phenoxy) is 3. The first-order valence-electron chi connectivity index (χ1n) is 9.61. The number of nitrogens with zero attached hydrogens (tertiary/aromatic N) is 2. The van der Waals surface area contributed by atoms with Gasteiger partial charge >= 0.3 is 0 Å². The number of carbonyl (C=O) groups excluding carboxylic acids is 2. The number of fused-ring (bicyclic) bond motifs is 1. The summed E-state index contributed by atoms with van der Waals surface area (Å²) in [4.78, 5) is 30.0. The third-order valence-corrected chi connectivity index (χ3v) is 5.85. The molecule has 2 amide bonds. The monoisotopic (exact) mass is 374 g/mol. The fraction of sp³-hybridized carbons (Fsp3) is 0.600. The van der Waals surface area contributed by atoms with E-state index in [1.54, 1.807) is 7.11 Å². The van der Waals surface area contributed by atoms with E-state index in [0.717, 1.165) is 37.8 Å². The summed E-state index contributed by atoms with van der Waals surface area (Å²) in [5.41, 5.74) is 0.213. The number of carbonyl (C=O) groups is 2. The predicted molar refractivity (Wildman–Crippen MR) is 97.6 cm³/mol. The molecule has 27 heavy (non-hydrogen) atoms. The summed E-state index contributed by atoms with van der Waals surface area (Å²) in [5, 5.41) is 0. The largest absolute Gasteiger partial charge is 0.454 e. The Morgan fingerprint density at radius 1 is 1.19 bits per heavy atom. The van der Waals surface area contributed by atoms with Crippen LogP contribution in [0, 0.1) is 0 Å². The van der Waals surface area contributed by atoms with Crippen molar-refractivity contribution in [3.05, 3.63) is 23.8 Å². The van der Waals surface area contributed by atoms with Gasteiger partial charge < -0.3 is 24.0 Å². The van der Waals surface area contributed by atoms with Gasteiger partial charge in [-0.1, -0.05) is 6.07 Å². The van der Waals surface area contributed by atoms with E-state index in [4.69, 9.17) is 14.2 Å². The molecule has 2 fully saturated rings. The van der Waals surface area contributed by atoms with Crippen molar-refractivity contribution in [3.8, 4) is 11.5 Å². The van der Waals surface area contributed by atoms with Gasteiger partial charge in [-0.2, -0.15) is 0 Å². The molecule has 3 heterocycles. The molecular formula is C20H26N2O5. The van der Waals surface area contributed by atoms with Crippen LogP contribution in [0.3, 0.4) is 0 Å². The van der Waals surface area contributed by atoms with Crippen LogP contribution in [0.15, 0.2) is 18.2 Å². The molecule has 2 saturated heterocycles. The first-order chi connectivity index (χ1) is 13.1. The topological polar surface area (TPSA) is 68.3 Å². The number of benzene rings is 1. The number of likely N-dealkylation sites (tertiary alicyclic amines) is 2. The van der Waals surface area contributed by atoms with Gasteiger partial charge in [-0.3, -0.25) is 9.59 Å². The predicted octanol–water partition coefficient (Wildman–Crippen LogP) is 1.59. The van der Waals surface area contributed by atoms with Crippen LogP contribution in [0.4, 0.5) is 0 Å². The highest BCUT2D eigenvalue weighted by atomic mass is 16.7. The quantitative estimate of drug-likeness (QED) is 0.783. The molecule has 3 aliphatic heterocycles. The van der Waals surface area contributed by atoms with Crippen molar-refractivity contribution in [2.75, 3.05) is 40.1 Å². The molecule has 0 radical (unpaired) electrons. The average Bonchev–Trinajstić information content (AvgIpc) is 3.30. The lowest BCUT2D eigenvalue weighted by molar-refractivity contribution is -0.155. The van der Waals surface area contributed by atoms with Crippen LogP contribution in [-0.4, -0.2) is 67.3 Å². The Bertz CT molecular complexity index is 737. The Kier molecular flexibility index (Phi) is 4.95. The van der Waals surface area contributed by atoms with Crippen LogP contribution in [0.2, 0.25) is 0 Å². The number of hydrogen-bond donors (Lipinski definition) is 0. The van der Waals surface area contributed by atoms with Crippen molar-refractivity contribution >= 4 is 11.8 Å². The van der Waals surface area contributed by atoms with E-state index in [2.05, 4.69) is 0 Å². The normalized spacial score (nSPS) is 24.1. The summed E-state index contributed by atoms with van der Waals surface area (Å²) in [5.74, 6) is 1.48. The Morgan fingerprint density at radius 3 is 2.78 bits per heavy atom. The van der Waals surface area contributed by atoms with Crippen molar-refractivity contribution in [1.82, 2.24) is 9.80 Å². The zero-order valence-electron chi connectivity index (χ0n) is 15.7. The molecule has 1 aromatic carbocycles. The maximum Gasteiger partial charge on any atom is 0.248 e. The minimum Gasteiger partial charge on any atom is -0.454 e. The highest BCUT2D eigenvalue weighted by molar-refractivity contribution is 5.93. The molecule has 3 aliphatic rings. The number of amides is 2. The zero-order valence-corrected chi connectivity index (χ0v) is 15.7. The summed E-state index contributed by atoms with van der Waals surface area (Å²) in [6, 6.07) is 5.58. The standard InChI is InChI=1S/C20H26N2O5/c1-25-11-10-21-8-2-6-20(19(21)24)7-3-9-22(20)18(23)13-15-4-5-16-17(12-15)27-14-26-16/h4-5,12H,2-3,6-11,13-14H2,1H3. The second-order valence-corrected chi connectivity index (χ2v) is 7.43. The van der Waals surface area contributed by atoms with Gasteiger partial charge in [0.2, 0.25) is 18.6 Å². The summed E-state index contributed by atoms with van der Waals surface area (Å²) < 4.78 is 15.9. The van der Waals surface area contributed by atoms with Gasteiger partial charge in [-0.05, 0) is 43.4 Å². The van der Waals surface area contributed by atoms with Gasteiger partial charge in [0.1, 0.15) is 5.54 Å². The van der Waals surface area contributed by atoms with Gasteiger partial charge in [0, 0.05) is 26.7 Å². The first-order valence-corrected chi connectivity index (χ1v) is 9.61. The van der Waals surface area contributed by atoms with Crippen LogP contribution in [0.25, 0.3) is 0 Å². The summed E-state index contributed by atoms with van der Waals surface area (Å²) in [7, 11) is 1.64. The highest BCUT2D eigenvalue weighted by Gasteiger charge is 2.52. The smallest absolute Gasteiger partial charge is 0.248 e. The Labute approximate surface area is 159 Å². The van der Waals surface area contributed by atoms with Crippen LogP contribution in [0.5, 0.6) is 11.5 Å². The zero-order chi connectivity index (χ0) is 18.9. The van der Waals surface area contributed by atoms with Crippen LogP contribution >= 0.6 is 0 Å². The number of piperidine rings is 1. The number of hydrogen-bond acceptors (Lipinski definition) is 5. The van der Waals surface area contributed by atoms with Gasteiger partial charge in [0.15, 0.2) is 11.5 Å². The van der Waals surface area contributed by atoms with Crippen LogP contribution in [-0.2, 0) is 20.7 Å². The van der Waals surface area contributed by atoms with Gasteiger partial charge in [0.25, 0.3) is 0 Å². The Morgan fingerprint density at radius 2 is 1.96 bits per heavy atom. The molecule has 7 nitrogen and oxygen atoms in total. The Hall–Kier alpha value is -2.28. The van der Waals surface area contributed by atoms with E-state index in [9.17, 15) is 9.59 Å². The molecule has 1 aromatic rings. The molecule has 1 unspecified atom stereocenters. The lowest BCUT2D eigenvalue weighted by Gasteiger charge is -2.44. The van der Waals surface area contributed by atoms with E-state index < -0.39 is 5.54 Å². The summed E-state index contributed by atoms with van der Waals surface area (Å²) >= 11 is 0. The van der Waals surface area contributed by atoms with Gasteiger partial charge in [-0.25, -0.2) is 0 Å². The molecule has 146 valence electrons. The molecule has 4 rings (SSSR count). The first kappa shape index (κ1) is 18.1. The maximum absolute atomic E-state index is 13.2. The van der Waals surface area contributed by atoms with Crippen molar-refractivity contribution < 1.29 is 23.8 Å². The Balaban J connectivity index is 1.50. The summed E-state index contributed by atoms with van der Waals surface area (Å²) in [6.07, 6.45) is 3.56. The molecule has 0 bridgehead atoms. The summed E-state index contributed by atoms with van der Waals surface area (Å²) in [6.45, 7) is 2.71. The maximum atomic E-state index is 13.2. The van der Waals surface area contributed by atoms with E-state index in [1.807, 2.05) is 28.0 Å². The van der Waals surface area contributed by atoms with Crippen molar-refractivity contribution in [2.24, 2.45) is 0 Å². The lowest BCUT2D eigenvalue weighted by Crippen LogP contribution is -2.61. The molecule has 1 spiro atoms. The fourth-order valence-electron chi connectivity index (χ4n) is 4.53. The molecule has 0 aromatic heterocycles. The minimum atomic E-state index is -0.667. The number of methoxy groups -OCH3 is 1. The SMILES string of the molecule is COCCN1CCCC2(CCCN2C(=O)Cc2ccc3c(c2)OCO3)C1=O. The average molecular weight is 374 g/mol. The molecular weight excluding hydrogens is 348 g/mol. The second kappa shape index (κ2) is 7.38. The molecule has 7 heteroatoms. The third kappa shape index (κ3) is 3.25. The van der Waals surface area contributed by atoms with Crippen molar-refractivity contribution in [3.63, 3.8) is 0 Å². The van der Waals surface area contributed by atoms with E-state index >= 15 is 0 Å². The lowest BCUT2D eigenvalue weighted by atomic mass is 9.85. The number of rotatable bonds is 5. The highest BCUT2D eigenvalue weighted by Crippen LogP contribution is 2.39. The van der Waals surface area contributed by atoms with Gasteiger partial charge in [0.05, 0.1) is 13.0 Å². The molecule has 0 aliphatic carbocycles. The fourth-order valence-corrected chi connectivity index (χ4v) is 4.53. The van der Waals surface area contributed by atoms with Crippen molar-refractivity contribution in [1.29, 1.82) is 0 Å². The van der Waals surface area contributed by atoms with E-state index in [-0.39, 0.29) is 25.0 Å². The van der Waals surface area contributed by atoms with Gasteiger partial charge in [-0.15, -0.1) is 0 Å². The van der Waals surface area contributed by atoms with E-state index in [1.165, 1.54) is 0 Å².